The van der Waals surface area contributed by atoms with Crippen LogP contribution in [0.1, 0.15) is 32.0 Å². The van der Waals surface area contributed by atoms with Gasteiger partial charge in [-0.25, -0.2) is 0 Å². The van der Waals surface area contributed by atoms with E-state index in [0.29, 0.717) is 23.0 Å². The Morgan fingerprint density at radius 2 is 2.05 bits per heavy atom. The summed E-state index contributed by atoms with van der Waals surface area (Å²) in [5.74, 6) is 0.538. The molecule has 0 amide bonds. The second-order valence-electron chi connectivity index (χ2n) is 5.58. The first kappa shape index (κ1) is 15.7. The normalized spacial score (nSPS) is 11.1. The van der Waals surface area contributed by atoms with E-state index >= 15 is 0 Å². The summed E-state index contributed by atoms with van der Waals surface area (Å²) in [7, 11) is 0. The van der Waals surface area contributed by atoms with Crippen LogP contribution < -0.4 is 10.9 Å². The Hall–Kier alpha value is -1.69. The Bertz CT molecular complexity index is 687. The van der Waals surface area contributed by atoms with Crippen molar-refractivity contribution in [3.8, 4) is 10.6 Å². The van der Waals surface area contributed by atoms with E-state index in [9.17, 15) is 4.79 Å². The Labute approximate surface area is 129 Å². The van der Waals surface area contributed by atoms with Gasteiger partial charge in [-0.05, 0) is 38.3 Å². The second kappa shape index (κ2) is 6.39. The third kappa shape index (κ3) is 3.32. The molecular formula is C15H22N4OS. The largest absolute Gasteiger partial charge is 0.360 e. The summed E-state index contributed by atoms with van der Waals surface area (Å²) in [5.41, 5.74) is 2.61. The highest BCUT2D eigenvalue weighted by Crippen LogP contribution is 2.26. The summed E-state index contributed by atoms with van der Waals surface area (Å²) < 4.78 is 1.77. The third-order valence-corrected chi connectivity index (χ3v) is 4.22. The summed E-state index contributed by atoms with van der Waals surface area (Å²) in [4.78, 5) is 12.6. The molecule has 0 unspecified atom stereocenters. The molecule has 0 saturated carbocycles. The second-order valence-corrected chi connectivity index (χ2v) is 6.56. The number of pyridine rings is 1. The standard InChI is InChI=1S/C15H22N4OS/c1-6-19-11(5)7-10(4)12(14(19)20)13-17-18-15(21-13)16-8-9(2)3/h7,9H,6,8H2,1-5H3,(H,16,18). The van der Waals surface area contributed by atoms with E-state index in [1.807, 2.05) is 26.8 Å². The van der Waals surface area contributed by atoms with Crippen molar-refractivity contribution in [2.45, 2.75) is 41.2 Å². The molecule has 0 aliphatic carbocycles. The van der Waals surface area contributed by atoms with E-state index in [0.717, 1.165) is 22.9 Å². The summed E-state index contributed by atoms with van der Waals surface area (Å²) in [6, 6.07) is 2.03. The number of anilines is 1. The summed E-state index contributed by atoms with van der Waals surface area (Å²) >= 11 is 1.43. The van der Waals surface area contributed by atoms with Crippen LogP contribution in [-0.2, 0) is 6.54 Å². The fourth-order valence-electron chi connectivity index (χ4n) is 2.27. The van der Waals surface area contributed by atoms with Gasteiger partial charge in [0.05, 0.1) is 5.56 Å². The highest BCUT2D eigenvalue weighted by atomic mass is 32.1. The number of nitrogens with one attached hydrogen (secondary N) is 1. The van der Waals surface area contributed by atoms with Crippen LogP contribution >= 0.6 is 11.3 Å². The van der Waals surface area contributed by atoms with Crippen molar-refractivity contribution < 1.29 is 0 Å². The van der Waals surface area contributed by atoms with Gasteiger partial charge in [0.2, 0.25) is 5.13 Å². The minimum Gasteiger partial charge on any atom is -0.360 e. The fraction of sp³-hybridized carbons (Fsp3) is 0.533. The van der Waals surface area contributed by atoms with Crippen molar-refractivity contribution in [3.63, 3.8) is 0 Å². The minimum absolute atomic E-state index is 0.0153. The van der Waals surface area contributed by atoms with Crippen LogP contribution in [0.2, 0.25) is 0 Å². The molecular weight excluding hydrogens is 284 g/mol. The van der Waals surface area contributed by atoms with Gasteiger partial charge in [0.15, 0.2) is 5.01 Å². The predicted octanol–water partition coefficient (Wildman–Crippen LogP) is 3.07. The van der Waals surface area contributed by atoms with Crippen LogP contribution in [0, 0.1) is 19.8 Å². The van der Waals surface area contributed by atoms with Crippen LogP contribution in [-0.4, -0.2) is 21.3 Å². The fourth-order valence-corrected chi connectivity index (χ4v) is 3.12. The molecule has 2 heterocycles. The Balaban J connectivity index is 2.41. The summed E-state index contributed by atoms with van der Waals surface area (Å²) in [6.45, 7) is 11.7. The van der Waals surface area contributed by atoms with Gasteiger partial charge in [0.25, 0.3) is 5.56 Å². The minimum atomic E-state index is 0.0153. The number of aromatic nitrogens is 3. The predicted molar refractivity (Wildman–Crippen MR) is 88.1 cm³/mol. The molecule has 0 spiro atoms. The molecule has 0 aliphatic rings. The van der Waals surface area contributed by atoms with Gasteiger partial charge < -0.3 is 9.88 Å². The molecule has 5 nitrogen and oxygen atoms in total. The molecule has 0 fully saturated rings. The molecule has 2 aromatic heterocycles. The zero-order chi connectivity index (χ0) is 15.6. The SMILES string of the molecule is CCn1c(C)cc(C)c(-c2nnc(NCC(C)C)s2)c1=O. The van der Waals surface area contributed by atoms with Crippen molar-refractivity contribution in [3.05, 3.63) is 27.7 Å². The van der Waals surface area contributed by atoms with Gasteiger partial charge in [0, 0.05) is 18.8 Å². The maximum absolute atomic E-state index is 12.6. The first-order valence-electron chi connectivity index (χ1n) is 7.22. The number of hydrogen-bond donors (Lipinski definition) is 1. The first-order chi connectivity index (χ1) is 9.93. The van der Waals surface area contributed by atoms with Gasteiger partial charge >= 0.3 is 0 Å². The quantitative estimate of drug-likeness (QED) is 0.922. The van der Waals surface area contributed by atoms with Crippen LogP contribution in [0.15, 0.2) is 10.9 Å². The number of aryl methyl sites for hydroxylation is 2. The van der Waals surface area contributed by atoms with Crippen LogP contribution in [0.25, 0.3) is 10.6 Å². The Morgan fingerprint density at radius 3 is 2.67 bits per heavy atom. The number of rotatable bonds is 5. The summed E-state index contributed by atoms with van der Waals surface area (Å²) in [6.07, 6.45) is 0. The zero-order valence-electron chi connectivity index (χ0n) is 13.2. The zero-order valence-corrected chi connectivity index (χ0v) is 14.0. The lowest BCUT2D eigenvalue weighted by Gasteiger charge is -2.10. The summed E-state index contributed by atoms with van der Waals surface area (Å²) in [5, 5.41) is 13.0. The van der Waals surface area contributed by atoms with Gasteiger partial charge in [-0.3, -0.25) is 4.79 Å². The van der Waals surface area contributed by atoms with Gasteiger partial charge in [-0.2, -0.15) is 0 Å². The maximum Gasteiger partial charge on any atom is 0.261 e. The molecule has 114 valence electrons. The Kier molecular flexibility index (Phi) is 4.77. The van der Waals surface area contributed by atoms with E-state index in [4.69, 9.17) is 0 Å². The molecule has 2 rings (SSSR count). The van der Waals surface area contributed by atoms with E-state index in [1.54, 1.807) is 4.57 Å². The molecule has 0 atom stereocenters. The highest BCUT2D eigenvalue weighted by molar-refractivity contribution is 7.18. The van der Waals surface area contributed by atoms with E-state index in [1.165, 1.54) is 11.3 Å². The topological polar surface area (TPSA) is 59.8 Å². The number of hydrogen-bond acceptors (Lipinski definition) is 5. The molecule has 0 radical (unpaired) electrons. The molecule has 0 aliphatic heterocycles. The van der Waals surface area contributed by atoms with E-state index in [2.05, 4.69) is 29.4 Å². The molecule has 0 aromatic carbocycles. The average Bonchev–Trinajstić information content (AvgIpc) is 2.85. The van der Waals surface area contributed by atoms with Crippen molar-refractivity contribution in [1.29, 1.82) is 0 Å². The van der Waals surface area contributed by atoms with Gasteiger partial charge in [0.1, 0.15) is 0 Å². The smallest absolute Gasteiger partial charge is 0.261 e. The molecule has 6 heteroatoms. The monoisotopic (exact) mass is 306 g/mol. The molecule has 1 N–H and O–H groups in total. The van der Waals surface area contributed by atoms with E-state index in [-0.39, 0.29) is 5.56 Å². The first-order valence-corrected chi connectivity index (χ1v) is 8.04. The number of nitrogens with zero attached hydrogens (tertiary/aromatic N) is 3. The lowest BCUT2D eigenvalue weighted by atomic mass is 10.1. The van der Waals surface area contributed by atoms with Crippen LogP contribution in [0.4, 0.5) is 5.13 Å². The molecule has 2 aromatic rings. The van der Waals surface area contributed by atoms with Gasteiger partial charge in [-0.15, -0.1) is 10.2 Å². The lowest BCUT2D eigenvalue weighted by Crippen LogP contribution is -2.24. The highest BCUT2D eigenvalue weighted by Gasteiger charge is 2.16. The molecule has 0 saturated heterocycles. The van der Waals surface area contributed by atoms with Crippen LogP contribution in [0.3, 0.4) is 0 Å². The average molecular weight is 306 g/mol. The van der Waals surface area contributed by atoms with Crippen molar-refractivity contribution in [1.82, 2.24) is 14.8 Å². The van der Waals surface area contributed by atoms with Crippen LogP contribution in [0.5, 0.6) is 0 Å². The van der Waals surface area contributed by atoms with Crippen molar-refractivity contribution in [2.24, 2.45) is 5.92 Å². The lowest BCUT2D eigenvalue weighted by molar-refractivity contribution is 0.687. The molecule has 0 bridgehead atoms. The Morgan fingerprint density at radius 1 is 1.33 bits per heavy atom. The van der Waals surface area contributed by atoms with Crippen molar-refractivity contribution in [2.75, 3.05) is 11.9 Å². The maximum atomic E-state index is 12.6. The van der Waals surface area contributed by atoms with E-state index < -0.39 is 0 Å². The van der Waals surface area contributed by atoms with Gasteiger partial charge in [-0.1, -0.05) is 25.2 Å². The van der Waals surface area contributed by atoms with Crippen molar-refractivity contribution >= 4 is 16.5 Å². The molecule has 21 heavy (non-hydrogen) atoms. The third-order valence-electron chi connectivity index (χ3n) is 3.32.